The smallest absolute Gasteiger partial charge is 0.178 e. The average Bonchev–Trinajstić information content (AvgIpc) is 2.53. The zero-order valence-electron chi connectivity index (χ0n) is 17.6. The van der Waals surface area contributed by atoms with Crippen LogP contribution in [0.3, 0.4) is 0 Å². The lowest BCUT2D eigenvalue weighted by Crippen LogP contribution is -2.26. The van der Waals surface area contributed by atoms with Crippen LogP contribution in [0.1, 0.15) is 78.5 Å². The quantitative estimate of drug-likeness (QED) is 0.366. The first kappa shape index (κ1) is 21.9. The van der Waals surface area contributed by atoms with Crippen LogP contribution in [0, 0.1) is 5.41 Å². The van der Waals surface area contributed by atoms with Crippen LogP contribution in [-0.4, -0.2) is 12.4 Å². The summed E-state index contributed by atoms with van der Waals surface area (Å²) in [6.07, 6.45) is 3.39. The van der Waals surface area contributed by atoms with Crippen molar-refractivity contribution in [2.45, 2.75) is 73.3 Å². The number of hydrogen-bond acceptors (Lipinski definition) is 2. The second-order valence-electron chi connectivity index (χ2n) is 9.20. The van der Waals surface area contributed by atoms with E-state index in [0.29, 0.717) is 16.9 Å². The standard InChI is InChI=1S/C23H30BrFO2/c1-13(2)27-21-15(14(3)18(25)12-26)11-16-17(22(4,5)6)9-10-23(7,8)19(16)20(21)24/h9,11-13H,10H2,1-8H3. The molecule has 4 heteroatoms. The largest absolute Gasteiger partial charge is 0.489 e. The van der Waals surface area contributed by atoms with Crippen LogP contribution in [0.2, 0.25) is 0 Å². The Bertz CT molecular complexity index is 824. The van der Waals surface area contributed by atoms with Gasteiger partial charge in [0, 0.05) is 5.56 Å². The molecule has 0 N–H and O–H groups in total. The fourth-order valence-corrected chi connectivity index (χ4v) is 4.69. The van der Waals surface area contributed by atoms with Gasteiger partial charge in [-0.05, 0) is 82.3 Å². The van der Waals surface area contributed by atoms with Crippen molar-refractivity contribution in [3.63, 3.8) is 0 Å². The highest BCUT2D eigenvalue weighted by Crippen LogP contribution is 2.52. The van der Waals surface area contributed by atoms with E-state index < -0.39 is 5.83 Å². The Balaban J connectivity index is 2.95. The maximum atomic E-state index is 14.2. The Labute approximate surface area is 171 Å². The minimum atomic E-state index is -0.771. The molecule has 2 nitrogen and oxygen atoms in total. The van der Waals surface area contributed by atoms with E-state index in [1.165, 1.54) is 11.1 Å². The van der Waals surface area contributed by atoms with Gasteiger partial charge in [0.2, 0.25) is 0 Å². The number of ether oxygens (including phenoxy) is 1. The molecule has 0 aromatic heterocycles. The summed E-state index contributed by atoms with van der Waals surface area (Å²) < 4.78 is 21.1. The number of carbonyl (C=O) groups excluding carboxylic acids is 1. The molecule has 0 bridgehead atoms. The van der Waals surface area contributed by atoms with E-state index in [1.54, 1.807) is 6.92 Å². The number of aldehydes is 1. The first-order chi connectivity index (χ1) is 12.3. The molecule has 148 valence electrons. The van der Waals surface area contributed by atoms with Gasteiger partial charge in [-0.2, -0.15) is 0 Å². The van der Waals surface area contributed by atoms with Gasteiger partial charge >= 0.3 is 0 Å². The van der Waals surface area contributed by atoms with Gasteiger partial charge in [0.1, 0.15) is 5.75 Å². The zero-order valence-corrected chi connectivity index (χ0v) is 19.2. The van der Waals surface area contributed by atoms with E-state index >= 15 is 0 Å². The fourth-order valence-electron chi connectivity index (χ4n) is 3.63. The van der Waals surface area contributed by atoms with Crippen LogP contribution in [0.4, 0.5) is 4.39 Å². The Morgan fingerprint density at radius 1 is 1.33 bits per heavy atom. The summed E-state index contributed by atoms with van der Waals surface area (Å²) in [4.78, 5) is 11.1. The van der Waals surface area contributed by atoms with Crippen molar-refractivity contribution in [1.29, 1.82) is 0 Å². The molecule has 2 rings (SSSR count). The lowest BCUT2D eigenvalue weighted by Gasteiger charge is -2.38. The number of rotatable bonds is 4. The Kier molecular flexibility index (Phi) is 6.11. The molecule has 0 aliphatic heterocycles. The molecule has 0 saturated carbocycles. The third-order valence-electron chi connectivity index (χ3n) is 5.03. The molecule has 0 fully saturated rings. The molecule has 1 aromatic rings. The van der Waals surface area contributed by atoms with Gasteiger partial charge in [0.05, 0.1) is 10.6 Å². The molecule has 0 amide bonds. The summed E-state index contributed by atoms with van der Waals surface area (Å²) in [5.74, 6) is -0.173. The van der Waals surface area contributed by atoms with Crippen molar-refractivity contribution in [1.82, 2.24) is 0 Å². The Morgan fingerprint density at radius 3 is 2.41 bits per heavy atom. The first-order valence-corrected chi connectivity index (χ1v) is 10.2. The van der Waals surface area contributed by atoms with Crippen LogP contribution in [0.5, 0.6) is 5.75 Å². The summed E-state index contributed by atoms with van der Waals surface area (Å²) in [7, 11) is 0. The number of benzene rings is 1. The van der Waals surface area contributed by atoms with Crippen molar-refractivity contribution < 1.29 is 13.9 Å². The lowest BCUT2D eigenvalue weighted by atomic mass is 9.67. The number of allylic oxidation sites excluding steroid dienone is 4. The van der Waals surface area contributed by atoms with E-state index in [1.807, 2.05) is 19.9 Å². The predicted molar refractivity (Wildman–Crippen MR) is 115 cm³/mol. The topological polar surface area (TPSA) is 26.3 Å². The van der Waals surface area contributed by atoms with Gasteiger partial charge in [0.25, 0.3) is 0 Å². The van der Waals surface area contributed by atoms with E-state index in [-0.39, 0.29) is 23.2 Å². The van der Waals surface area contributed by atoms with Gasteiger partial charge in [-0.15, -0.1) is 0 Å². The normalized spacial score (nSPS) is 17.2. The third kappa shape index (κ3) is 4.21. The molecule has 27 heavy (non-hydrogen) atoms. The summed E-state index contributed by atoms with van der Waals surface area (Å²) in [6, 6.07) is 1.99. The molecule has 0 saturated heterocycles. The first-order valence-electron chi connectivity index (χ1n) is 9.37. The molecule has 0 unspecified atom stereocenters. The Hall–Kier alpha value is -1.42. The zero-order chi connectivity index (χ0) is 20.7. The van der Waals surface area contributed by atoms with Crippen LogP contribution in [-0.2, 0) is 10.2 Å². The highest BCUT2D eigenvalue weighted by molar-refractivity contribution is 9.10. The van der Waals surface area contributed by atoms with Crippen molar-refractivity contribution in [3.05, 3.63) is 39.1 Å². The van der Waals surface area contributed by atoms with E-state index in [2.05, 4.69) is 56.6 Å². The van der Waals surface area contributed by atoms with Crippen LogP contribution in [0.15, 0.2) is 22.4 Å². The van der Waals surface area contributed by atoms with Gasteiger partial charge in [0.15, 0.2) is 12.1 Å². The summed E-state index contributed by atoms with van der Waals surface area (Å²) in [6.45, 7) is 16.5. The minimum absolute atomic E-state index is 0.0524. The van der Waals surface area contributed by atoms with Crippen molar-refractivity contribution in [2.24, 2.45) is 5.41 Å². The maximum absolute atomic E-state index is 14.2. The fraction of sp³-hybridized carbons (Fsp3) is 0.522. The molecule has 0 atom stereocenters. The second-order valence-corrected chi connectivity index (χ2v) is 10.00. The van der Waals surface area contributed by atoms with Gasteiger partial charge in [-0.3, -0.25) is 4.79 Å². The number of fused-ring (bicyclic) bond motifs is 1. The van der Waals surface area contributed by atoms with Crippen LogP contribution in [0.25, 0.3) is 11.1 Å². The molecule has 1 aliphatic carbocycles. The number of halogens is 2. The predicted octanol–water partition coefficient (Wildman–Crippen LogP) is 7.25. The summed E-state index contributed by atoms with van der Waals surface area (Å²) in [5, 5.41) is 0. The molecule has 1 aliphatic rings. The van der Waals surface area contributed by atoms with Crippen LogP contribution < -0.4 is 4.74 Å². The molecule has 0 spiro atoms. The molecule has 1 aromatic carbocycles. The SMILES string of the molecule is CC(=C(F)C=O)c1cc2c(c(Br)c1OC(C)C)C(C)(C)CC=C2C(C)(C)C. The Morgan fingerprint density at radius 2 is 1.93 bits per heavy atom. The maximum Gasteiger partial charge on any atom is 0.178 e. The van der Waals surface area contributed by atoms with Crippen molar-refractivity contribution in [2.75, 3.05) is 0 Å². The van der Waals surface area contributed by atoms with Gasteiger partial charge < -0.3 is 4.74 Å². The van der Waals surface area contributed by atoms with Crippen molar-refractivity contribution in [3.8, 4) is 5.75 Å². The van der Waals surface area contributed by atoms with Crippen molar-refractivity contribution >= 4 is 33.4 Å². The molecular formula is C23H30BrFO2. The highest BCUT2D eigenvalue weighted by atomic mass is 79.9. The monoisotopic (exact) mass is 436 g/mol. The third-order valence-corrected chi connectivity index (χ3v) is 5.79. The summed E-state index contributed by atoms with van der Waals surface area (Å²) >= 11 is 3.77. The highest BCUT2D eigenvalue weighted by Gasteiger charge is 2.36. The molecule has 0 heterocycles. The molecule has 0 radical (unpaired) electrons. The lowest BCUT2D eigenvalue weighted by molar-refractivity contribution is -0.106. The van der Waals surface area contributed by atoms with E-state index in [9.17, 15) is 9.18 Å². The van der Waals surface area contributed by atoms with Gasteiger partial charge in [-0.25, -0.2) is 4.39 Å². The molecular weight excluding hydrogens is 407 g/mol. The second kappa shape index (κ2) is 7.54. The van der Waals surface area contributed by atoms with E-state index in [0.717, 1.165) is 16.5 Å². The minimum Gasteiger partial charge on any atom is -0.489 e. The average molecular weight is 437 g/mol. The van der Waals surface area contributed by atoms with E-state index in [4.69, 9.17) is 4.74 Å². The van der Waals surface area contributed by atoms with Crippen LogP contribution >= 0.6 is 15.9 Å². The van der Waals surface area contributed by atoms with Gasteiger partial charge in [-0.1, -0.05) is 40.7 Å². The summed E-state index contributed by atoms with van der Waals surface area (Å²) in [5.41, 5.74) is 4.27. The number of hydrogen-bond donors (Lipinski definition) is 0. The number of carbonyl (C=O) groups is 1.